The molecule has 6 heteroatoms. The van der Waals surface area contributed by atoms with E-state index in [9.17, 15) is 8.42 Å². The van der Waals surface area contributed by atoms with Gasteiger partial charge in [0.05, 0.1) is 11.4 Å². The number of rotatable bonds is 4. The normalized spacial score (nSPS) is 18.0. The van der Waals surface area contributed by atoms with Crippen LogP contribution in [0.4, 0.5) is 0 Å². The lowest BCUT2D eigenvalue weighted by atomic mass is 9.88. The van der Waals surface area contributed by atoms with E-state index in [1.165, 1.54) is 5.56 Å². The third-order valence-electron chi connectivity index (χ3n) is 4.55. The van der Waals surface area contributed by atoms with Gasteiger partial charge in [-0.25, -0.2) is 13.1 Å². The summed E-state index contributed by atoms with van der Waals surface area (Å²) in [4.78, 5) is 0.322. The zero-order valence-electron chi connectivity index (χ0n) is 13.8. The van der Waals surface area contributed by atoms with E-state index in [0.29, 0.717) is 22.8 Å². The first-order valence-corrected chi connectivity index (χ1v) is 9.56. The van der Waals surface area contributed by atoms with E-state index in [1.54, 1.807) is 11.6 Å². The SMILES string of the molecule is CCn1nc(C)c(S(=O)(=O)NC2CCCc3ccccc32)c1C. The molecule has 1 atom stereocenters. The van der Waals surface area contributed by atoms with Gasteiger partial charge in [-0.3, -0.25) is 4.68 Å². The van der Waals surface area contributed by atoms with Gasteiger partial charge in [0.25, 0.3) is 0 Å². The van der Waals surface area contributed by atoms with Gasteiger partial charge in [0.2, 0.25) is 10.0 Å². The Labute approximate surface area is 137 Å². The van der Waals surface area contributed by atoms with E-state index in [1.807, 2.05) is 32.0 Å². The molecule has 2 aromatic rings. The van der Waals surface area contributed by atoms with Crippen LogP contribution in [0.3, 0.4) is 0 Å². The van der Waals surface area contributed by atoms with Gasteiger partial charge < -0.3 is 0 Å². The quantitative estimate of drug-likeness (QED) is 0.936. The van der Waals surface area contributed by atoms with Crippen molar-refractivity contribution in [2.24, 2.45) is 0 Å². The van der Waals surface area contributed by atoms with Gasteiger partial charge in [-0.2, -0.15) is 5.10 Å². The Balaban J connectivity index is 1.96. The van der Waals surface area contributed by atoms with Gasteiger partial charge in [-0.05, 0) is 51.2 Å². The highest BCUT2D eigenvalue weighted by molar-refractivity contribution is 7.89. The molecule has 0 aliphatic heterocycles. The van der Waals surface area contributed by atoms with Crippen molar-refractivity contribution in [3.63, 3.8) is 0 Å². The van der Waals surface area contributed by atoms with Crippen molar-refractivity contribution >= 4 is 10.0 Å². The van der Waals surface area contributed by atoms with E-state index in [2.05, 4.69) is 15.9 Å². The first-order valence-electron chi connectivity index (χ1n) is 8.08. The Morgan fingerprint density at radius 1 is 1.30 bits per heavy atom. The maximum Gasteiger partial charge on any atom is 0.244 e. The molecule has 3 rings (SSSR count). The fourth-order valence-corrected chi connectivity index (χ4v) is 5.16. The van der Waals surface area contributed by atoms with Crippen molar-refractivity contribution in [1.82, 2.24) is 14.5 Å². The molecule has 0 saturated carbocycles. The van der Waals surface area contributed by atoms with E-state index < -0.39 is 10.0 Å². The second-order valence-corrected chi connectivity index (χ2v) is 7.73. The number of benzene rings is 1. The highest BCUT2D eigenvalue weighted by atomic mass is 32.2. The summed E-state index contributed by atoms with van der Waals surface area (Å²) < 4.78 is 30.5. The molecular weight excluding hydrogens is 310 g/mol. The second kappa shape index (κ2) is 6.09. The first kappa shape index (κ1) is 16.2. The van der Waals surface area contributed by atoms with Crippen molar-refractivity contribution in [3.05, 3.63) is 46.8 Å². The maximum absolute atomic E-state index is 12.9. The average molecular weight is 333 g/mol. The molecule has 1 heterocycles. The molecule has 0 amide bonds. The van der Waals surface area contributed by atoms with Crippen molar-refractivity contribution in [2.45, 2.75) is 57.5 Å². The van der Waals surface area contributed by atoms with Crippen molar-refractivity contribution < 1.29 is 8.42 Å². The van der Waals surface area contributed by atoms with Gasteiger partial charge in [-0.15, -0.1) is 0 Å². The van der Waals surface area contributed by atoms with Crippen LogP contribution >= 0.6 is 0 Å². The van der Waals surface area contributed by atoms with Gasteiger partial charge in [0.15, 0.2) is 0 Å². The van der Waals surface area contributed by atoms with Crippen molar-refractivity contribution in [2.75, 3.05) is 0 Å². The Morgan fingerprint density at radius 2 is 2.04 bits per heavy atom. The summed E-state index contributed by atoms with van der Waals surface area (Å²) in [6.45, 7) is 6.19. The molecule has 0 bridgehead atoms. The standard InChI is InChI=1S/C17H23N3O2S/c1-4-20-13(3)17(12(2)18-20)23(21,22)19-16-11-7-9-14-8-5-6-10-15(14)16/h5-6,8,10,16,19H,4,7,9,11H2,1-3H3. The van der Waals surface area contributed by atoms with E-state index in [4.69, 9.17) is 0 Å². The highest BCUT2D eigenvalue weighted by Gasteiger charge is 2.29. The Morgan fingerprint density at radius 3 is 2.74 bits per heavy atom. The molecule has 1 aliphatic rings. The Bertz CT molecular complexity index is 824. The van der Waals surface area contributed by atoms with Crippen LogP contribution in [0.5, 0.6) is 0 Å². The highest BCUT2D eigenvalue weighted by Crippen LogP contribution is 2.31. The number of sulfonamides is 1. The van der Waals surface area contributed by atoms with Crippen LogP contribution in [0.2, 0.25) is 0 Å². The summed E-state index contributed by atoms with van der Waals surface area (Å²) in [7, 11) is -3.59. The minimum absolute atomic E-state index is 0.159. The van der Waals surface area contributed by atoms with Crippen LogP contribution in [0.25, 0.3) is 0 Å². The lowest BCUT2D eigenvalue weighted by Gasteiger charge is -2.26. The predicted molar refractivity (Wildman–Crippen MR) is 89.8 cm³/mol. The Kier molecular flexibility index (Phi) is 4.29. The summed E-state index contributed by atoms with van der Waals surface area (Å²) in [5, 5.41) is 4.33. The van der Waals surface area contributed by atoms with Gasteiger partial charge in [0.1, 0.15) is 4.90 Å². The number of hydrogen-bond donors (Lipinski definition) is 1. The molecule has 1 aliphatic carbocycles. The monoisotopic (exact) mass is 333 g/mol. The largest absolute Gasteiger partial charge is 0.268 e. The molecule has 0 fully saturated rings. The Hall–Kier alpha value is -1.66. The molecule has 23 heavy (non-hydrogen) atoms. The van der Waals surface area contributed by atoms with Gasteiger partial charge in [-0.1, -0.05) is 24.3 Å². The summed E-state index contributed by atoms with van der Waals surface area (Å²) >= 11 is 0. The van der Waals surface area contributed by atoms with Crippen LogP contribution in [-0.4, -0.2) is 18.2 Å². The molecule has 5 nitrogen and oxygen atoms in total. The maximum atomic E-state index is 12.9. The molecule has 124 valence electrons. The predicted octanol–water partition coefficient (Wildman–Crippen LogP) is 2.88. The third-order valence-corrected chi connectivity index (χ3v) is 6.27. The summed E-state index contributed by atoms with van der Waals surface area (Å²) in [6.07, 6.45) is 2.84. The number of nitrogens with zero attached hydrogens (tertiary/aromatic N) is 2. The minimum Gasteiger partial charge on any atom is -0.268 e. The number of aryl methyl sites for hydroxylation is 3. The lowest BCUT2D eigenvalue weighted by Crippen LogP contribution is -2.31. The topological polar surface area (TPSA) is 64.0 Å². The molecule has 0 spiro atoms. The van der Waals surface area contributed by atoms with Crippen LogP contribution in [-0.2, 0) is 23.0 Å². The molecule has 1 aromatic heterocycles. The summed E-state index contributed by atoms with van der Waals surface area (Å²) in [6, 6.07) is 7.93. The molecular formula is C17H23N3O2S. The zero-order chi connectivity index (χ0) is 16.6. The average Bonchev–Trinajstić information content (AvgIpc) is 2.82. The molecule has 1 N–H and O–H groups in total. The zero-order valence-corrected chi connectivity index (χ0v) is 14.7. The van der Waals surface area contributed by atoms with Crippen LogP contribution in [0.15, 0.2) is 29.2 Å². The molecule has 1 unspecified atom stereocenters. The van der Waals surface area contributed by atoms with Gasteiger partial charge in [0, 0.05) is 12.6 Å². The minimum atomic E-state index is -3.59. The lowest BCUT2D eigenvalue weighted by molar-refractivity contribution is 0.506. The second-order valence-electron chi connectivity index (χ2n) is 6.08. The fourth-order valence-electron chi connectivity index (χ4n) is 3.50. The number of aromatic nitrogens is 2. The molecule has 0 radical (unpaired) electrons. The van der Waals surface area contributed by atoms with Gasteiger partial charge >= 0.3 is 0 Å². The van der Waals surface area contributed by atoms with E-state index in [0.717, 1.165) is 24.8 Å². The molecule has 0 saturated heterocycles. The van der Waals surface area contributed by atoms with Crippen LogP contribution < -0.4 is 4.72 Å². The van der Waals surface area contributed by atoms with Crippen molar-refractivity contribution in [1.29, 1.82) is 0 Å². The van der Waals surface area contributed by atoms with E-state index in [-0.39, 0.29) is 6.04 Å². The summed E-state index contributed by atoms with van der Waals surface area (Å²) in [5.74, 6) is 0. The number of hydrogen-bond acceptors (Lipinski definition) is 3. The van der Waals surface area contributed by atoms with Crippen LogP contribution in [0.1, 0.15) is 48.3 Å². The molecule has 1 aromatic carbocycles. The fraction of sp³-hybridized carbons (Fsp3) is 0.471. The first-order chi connectivity index (χ1) is 10.9. The number of nitrogens with one attached hydrogen (secondary N) is 1. The summed E-state index contributed by atoms with van der Waals surface area (Å²) in [5.41, 5.74) is 3.59. The third kappa shape index (κ3) is 2.93. The smallest absolute Gasteiger partial charge is 0.244 e. The van der Waals surface area contributed by atoms with Crippen LogP contribution in [0, 0.1) is 13.8 Å². The van der Waals surface area contributed by atoms with Crippen molar-refractivity contribution in [3.8, 4) is 0 Å². The number of fused-ring (bicyclic) bond motifs is 1. The van der Waals surface area contributed by atoms with E-state index >= 15 is 0 Å².